The highest BCUT2D eigenvalue weighted by Crippen LogP contribution is 2.20. The lowest BCUT2D eigenvalue weighted by atomic mass is 10.2. The number of hydrogen-bond acceptors (Lipinski definition) is 2. The Morgan fingerprint density at radius 3 is 2.59 bits per heavy atom. The lowest BCUT2D eigenvalue weighted by molar-refractivity contribution is 0.262. The highest BCUT2D eigenvalue weighted by molar-refractivity contribution is 6.30. The predicted molar refractivity (Wildman–Crippen MR) is 89.5 cm³/mol. The van der Waals surface area contributed by atoms with Gasteiger partial charge in [0.25, 0.3) is 0 Å². The minimum Gasteiger partial charge on any atom is -0.331 e. The summed E-state index contributed by atoms with van der Waals surface area (Å²) in [4.78, 5) is 16.5. The number of imidazole rings is 1. The highest BCUT2D eigenvalue weighted by atomic mass is 35.5. The van der Waals surface area contributed by atoms with E-state index in [9.17, 15) is 4.79 Å². The van der Waals surface area contributed by atoms with E-state index in [1.165, 1.54) is 0 Å². The van der Waals surface area contributed by atoms with Crippen molar-refractivity contribution in [2.75, 3.05) is 10.6 Å². The van der Waals surface area contributed by atoms with Crippen LogP contribution in [0.5, 0.6) is 0 Å². The molecule has 1 heterocycles. The van der Waals surface area contributed by atoms with Crippen LogP contribution in [-0.2, 0) is 7.05 Å². The van der Waals surface area contributed by atoms with Gasteiger partial charge < -0.3 is 15.2 Å². The van der Waals surface area contributed by atoms with Gasteiger partial charge in [-0.25, -0.2) is 9.78 Å². The summed E-state index contributed by atoms with van der Waals surface area (Å²) in [5.74, 6) is 0.926. The first-order chi connectivity index (χ1) is 10.5. The van der Waals surface area contributed by atoms with Crippen LogP contribution in [0.1, 0.15) is 5.82 Å². The van der Waals surface area contributed by atoms with Crippen LogP contribution >= 0.6 is 11.6 Å². The van der Waals surface area contributed by atoms with Crippen molar-refractivity contribution in [3.63, 3.8) is 0 Å². The second-order valence-electron chi connectivity index (χ2n) is 5.01. The number of rotatable bonds is 2. The second-order valence-corrected chi connectivity index (χ2v) is 5.45. The topological polar surface area (TPSA) is 59.0 Å². The normalized spacial score (nSPS) is 10.7. The number of halogens is 1. The lowest BCUT2D eigenvalue weighted by Gasteiger charge is -2.08. The van der Waals surface area contributed by atoms with E-state index in [0.717, 1.165) is 16.9 Å². The fourth-order valence-corrected chi connectivity index (χ4v) is 2.45. The average molecular weight is 315 g/mol. The van der Waals surface area contributed by atoms with E-state index in [0.29, 0.717) is 16.4 Å². The number of urea groups is 1. The maximum absolute atomic E-state index is 12.0. The molecule has 3 rings (SSSR count). The smallest absolute Gasteiger partial charge is 0.323 e. The van der Waals surface area contributed by atoms with Crippen LogP contribution in [0, 0.1) is 6.92 Å². The van der Waals surface area contributed by atoms with Crippen molar-refractivity contribution in [2.24, 2.45) is 7.05 Å². The number of carbonyl (C=O) groups excluding carboxylic acids is 1. The highest BCUT2D eigenvalue weighted by Gasteiger charge is 2.07. The van der Waals surface area contributed by atoms with Crippen molar-refractivity contribution in [1.82, 2.24) is 9.55 Å². The molecular formula is C16H15ClN4O. The molecule has 1 aromatic heterocycles. The molecule has 2 aromatic carbocycles. The summed E-state index contributed by atoms with van der Waals surface area (Å²) < 4.78 is 2.01. The van der Waals surface area contributed by atoms with Crippen molar-refractivity contribution in [2.45, 2.75) is 6.92 Å². The third-order valence-electron chi connectivity index (χ3n) is 3.44. The Morgan fingerprint density at radius 1 is 1.14 bits per heavy atom. The zero-order chi connectivity index (χ0) is 15.7. The molecule has 0 saturated heterocycles. The molecule has 0 aliphatic carbocycles. The molecule has 112 valence electrons. The van der Waals surface area contributed by atoms with Gasteiger partial charge >= 0.3 is 6.03 Å². The summed E-state index contributed by atoms with van der Waals surface area (Å²) in [7, 11) is 1.96. The van der Waals surface area contributed by atoms with Gasteiger partial charge in [0.1, 0.15) is 5.82 Å². The van der Waals surface area contributed by atoms with E-state index in [-0.39, 0.29) is 6.03 Å². The second kappa shape index (κ2) is 5.69. The molecule has 2 N–H and O–H groups in total. The standard InChI is InChI=1S/C16H15ClN4O/c1-10-18-14-9-13(6-7-15(14)21(10)2)20-16(22)19-12-5-3-4-11(17)8-12/h3-9H,1-2H3,(H2,19,20,22). The molecule has 0 spiro atoms. The lowest BCUT2D eigenvalue weighted by Crippen LogP contribution is -2.19. The van der Waals surface area contributed by atoms with E-state index >= 15 is 0 Å². The first kappa shape index (κ1) is 14.4. The van der Waals surface area contributed by atoms with Crippen LogP contribution in [0.25, 0.3) is 11.0 Å². The van der Waals surface area contributed by atoms with Crippen molar-refractivity contribution < 1.29 is 4.79 Å². The van der Waals surface area contributed by atoms with E-state index in [2.05, 4.69) is 15.6 Å². The van der Waals surface area contributed by atoms with Gasteiger partial charge in [0.05, 0.1) is 11.0 Å². The van der Waals surface area contributed by atoms with Crippen molar-refractivity contribution in [1.29, 1.82) is 0 Å². The molecule has 0 unspecified atom stereocenters. The fourth-order valence-electron chi connectivity index (χ4n) is 2.26. The largest absolute Gasteiger partial charge is 0.331 e. The first-order valence-corrected chi connectivity index (χ1v) is 7.17. The molecule has 0 saturated carbocycles. The molecule has 3 aromatic rings. The minimum atomic E-state index is -0.325. The summed E-state index contributed by atoms with van der Waals surface area (Å²) in [6, 6.07) is 12.3. The molecule has 22 heavy (non-hydrogen) atoms. The van der Waals surface area contributed by atoms with E-state index < -0.39 is 0 Å². The summed E-state index contributed by atoms with van der Waals surface area (Å²) in [5.41, 5.74) is 3.20. The Balaban J connectivity index is 1.76. The van der Waals surface area contributed by atoms with Gasteiger partial charge in [-0.2, -0.15) is 0 Å². The third kappa shape index (κ3) is 2.89. The number of carbonyl (C=O) groups is 1. The Bertz CT molecular complexity index is 856. The number of aromatic nitrogens is 2. The monoisotopic (exact) mass is 314 g/mol. The van der Waals surface area contributed by atoms with Crippen molar-refractivity contribution >= 4 is 40.0 Å². The van der Waals surface area contributed by atoms with Gasteiger partial charge in [-0.05, 0) is 43.3 Å². The number of hydrogen-bond donors (Lipinski definition) is 2. The van der Waals surface area contributed by atoms with E-state index in [4.69, 9.17) is 11.6 Å². The molecule has 0 aliphatic heterocycles. The van der Waals surface area contributed by atoms with Gasteiger partial charge in [0.15, 0.2) is 0 Å². The van der Waals surface area contributed by atoms with Gasteiger partial charge in [0, 0.05) is 23.4 Å². The number of fused-ring (bicyclic) bond motifs is 1. The quantitative estimate of drug-likeness (QED) is 0.745. The van der Waals surface area contributed by atoms with E-state index in [1.807, 2.05) is 36.7 Å². The summed E-state index contributed by atoms with van der Waals surface area (Å²) in [6.45, 7) is 1.94. The van der Waals surface area contributed by atoms with Crippen LogP contribution in [0.2, 0.25) is 5.02 Å². The maximum atomic E-state index is 12.0. The Hall–Kier alpha value is -2.53. The van der Waals surface area contributed by atoms with Gasteiger partial charge in [-0.3, -0.25) is 0 Å². The summed E-state index contributed by atoms with van der Waals surface area (Å²) in [6.07, 6.45) is 0. The van der Waals surface area contributed by atoms with Crippen LogP contribution in [0.15, 0.2) is 42.5 Å². The predicted octanol–water partition coefficient (Wildman–Crippen LogP) is 4.18. The summed E-state index contributed by atoms with van der Waals surface area (Å²) in [5, 5.41) is 6.10. The van der Waals surface area contributed by atoms with Crippen LogP contribution < -0.4 is 10.6 Å². The van der Waals surface area contributed by atoms with Crippen molar-refractivity contribution in [3.05, 3.63) is 53.3 Å². The molecular weight excluding hydrogens is 300 g/mol. The molecule has 2 amide bonds. The molecule has 6 heteroatoms. The molecule has 0 fully saturated rings. The van der Waals surface area contributed by atoms with Crippen molar-refractivity contribution in [3.8, 4) is 0 Å². The van der Waals surface area contributed by atoms with Crippen LogP contribution in [0.4, 0.5) is 16.2 Å². The van der Waals surface area contributed by atoms with Gasteiger partial charge in [-0.15, -0.1) is 0 Å². The molecule has 0 bridgehead atoms. The first-order valence-electron chi connectivity index (χ1n) is 6.79. The minimum absolute atomic E-state index is 0.325. The van der Waals surface area contributed by atoms with Gasteiger partial charge in [0.2, 0.25) is 0 Å². The molecule has 0 atom stereocenters. The number of amides is 2. The SMILES string of the molecule is Cc1nc2cc(NC(=O)Nc3cccc(Cl)c3)ccc2n1C. The van der Waals surface area contributed by atoms with Gasteiger partial charge in [-0.1, -0.05) is 17.7 Å². The Morgan fingerprint density at radius 2 is 1.86 bits per heavy atom. The number of nitrogens with one attached hydrogen (secondary N) is 2. The Kier molecular flexibility index (Phi) is 3.73. The number of benzene rings is 2. The summed E-state index contributed by atoms with van der Waals surface area (Å²) >= 11 is 5.89. The van der Waals surface area contributed by atoms with Crippen LogP contribution in [0.3, 0.4) is 0 Å². The number of anilines is 2. The number of aryl methyl sites for hydroxylation is 2. The zero-order valence-corrected chi connectivity index (χ0v) is 13.0. The number of nitrogens with zero attached hydrogens (tertiary/aromatic N) is 2. The third-order valence-corrected chi connectivity index (χ3v) is 3.68. The zero-order valence-electron chi connectivity index (χ0n) is 12.2. The van der Waals surface area contributed by atoms with E-state index in [1.54, 1.807) is 24.3 Å². The molecule has 5 nitrogen and oxygen atoms in total. The fraction of sp³-hybridized carbons (Fsp3) is 0.125. The maximum Gasteiger partial charge on any atom is 0.323 e. The van der Waals surface area contributed by atoms with Crippen LogP contribution in [-0.4, -0.2) is 15.6 Å². The molecule has 0 aliphatic rings. The molecule has 0 radical (unpaired) electrons. The Labute approximate surface area is 132 Å². The average Bonchev–Trinajstić information content (AvgIpc) is 2.73.